The largest absolute Gasteiger partial charge is 0.415 e. The molecule has 2 aromatic rings. The van der Waals surface area contributed by atoms with Crippen molar-refractivity contribution in [2.45, 2.75) is 52.3 Å². The van der Waals surface area contributed by atoms with Crippen LogP contribution >= 0.6 is 0 Å². The number of nitrogen functional groups attached to an aromatic ring is 1. The fourth-order valence-corrected chi connectivity index (χ4v) is 3.86. The maximum absolute atomic E-state index is 14.0. The zero-order valence-corrected chi connectivity index (χ0v) is 17.1. The van der Waals surface area contributed by atoms with Crippen molar-refractivity contribution in [1.82, 2.24) is 15.0 Å². The van der Waals surface area contributed by atoms with Crippen LogP contribution in [-0.4, -0.2) is 33.3 Å². The van der Waals surface area contributed by atoms with Gasteiger partial charge in [0, 0.05) is 11.8 Å². The summed E-state index contributed by atoms with van der Waals surface area (Å²) >= 11 is 0. The molecule has 0 spiro atoms. The molecule has 0 fully saturated rings. The second-order valence-electron chi connectivity index (χ2n) is 8.38. The molecule has 1 aliphatic carbocycles. The summed E-state index contributed by atoms with van der Waals surface area (Å²) in [4.78, 5) is 11.0. The Labute approximate surface area is 168 Å². The molecule has 0 aliphatic heterocycles. The van der Waals surface area contributed by atoms with Gasteiger partial charge in [-0.3, -0.25) is 0 Å². The summed E-state index contributed by atoms with van der Waals surface area (Å²) in [6, 6.07) is 1.66. The highest BCUT2D eigenvalue weighted by molar-refractivity contribution is 5.92. The maximum Gasteiger partial charge on any atom is 0.415 e. The number of pyridine rings is 1. The van der Waals surface area contributed by atoms with E-state index in [1.807, 2.05) is 6.92 Å². The van der Waals surface area contributed by atoms with Gasteiger partial charge in [0.1, 0.15) is 0 Å². The Balaban J connectivity index is 1.93. The van der Waals surface area contributed by atoms with E-state index in [0.717, 1.165) is 6.42 Å². The van der Waals surface area contributed by atoms with Gasteiger partial charge in [0.15, 0.2) is 11.6 Å². The minimum absolute atomic E-state index is 0.121. The molecule has 0 saturated carbocycles. The number of rotatable bonds is 6. The number of nitrogens with one attached hydrogen (secondary N) is 1. The molecular weight excluding hydrogens is 381 g/mol. The molecule has 3 rings (SSSR count). The maximum atomic E-state index is 14.0. The molecule has 0 amide bonds. The summed E-state index contributed by atoms with van der Waals surface area (Å²) < 4.78 is 47.7. The van der Waals surface area contributed by atoms with Gasteiger partial charge in [-0.1, -0.05) is 26.8 Å². The highest BCUT2D eigenvalue weighted by Gasteiger charge is 2.47. The Hall–Kier alpha value is -2.35. The zero-order valence-electron chi connectivity index (χ0n) is 17.1. The lowest BCUT2D eigenvalue weighted by atomic mass is 9.83. The third-order valence-corrected chi connectivity index (χ3v) is 5.17. The van der Waals surface area contributed by atoms with Crippen molar-refractivity contribution < 1.29 is 17.9 Å². The normalized spacial score (nSPS) is 21.4. The van der Waals surface area contributed by atoms with E-state index >= 15 is 0 Å². The van der Waals surface area contributed by atoms with E-state index in [0.29, 0.717) is 28.2 Å². The van der Waals surface area contributed by atoms with Crippen molar-refractivity contribution in [1.29, 1.82) is 0 Å². The Morgan fingerprint density at radius 2 is 2.03 bits per heavy atom. The summed E-state index contributed by atoms with van der Waals surface area (Å²) in [5.74, 6) is 0.816. The Kier molecular flexibility index (Phi) is 5.76. The molecule has 2 atom stereocenters. The van der Waals surface area contributed by atoms with Crippen molar-refractivity contribution in [3.05, 3.63) is 35.6 Å². The smallest absolute Gasteiger partial charge is 0.370 e. The molecule has 0 bridgehead atoms. The lowest BCUT2D eigenvalue weighted by Gasteiger charge is -2.36. The molecule has 1 unspecified atom stereocenters. The number of ether oxygens (including phenoxy) is 1. The monoisotopic (exact) mass is 408 g/mol. The van der Waals surface area contributed by atoms with Gasteiger partial charge in [-0.15, -0.1) is 0 Å². The number of aromatic nitrogens is 3. The van der Waals surface area contributed by atoms with E-state index in [2.05, 4.69) is 28.8 Å². The van der Waals surface area contributed by atoms with Crippen LogP contribution in [0, 0.1) is 11.8 Å². The first-order chi connectivity index (χ1) is 13.5. The number of alkyl halides is 3. The van der Waals surface area contributed by atoms with Crippen molar-refractivity contribution in [2.75, 3.05) is 12.3 Å². The number of hydrogen-bond donors (Lipinski definition) is 2. The summed E-state index contributed by atoms with van der Waals surface area (Å²) in [6.07, 6.45) is 0.969. The fourth-order valence-electron chi connectivity index (χ4n) is 3.86. The molecular formula is C21H27F3N4O. The van der Waals surface area contributed by atoms with Crippen molar-refractivity contribution in [3.8, 4) is 0 Å². The van der Waals surface area contributed by atoms with Gasteiger partial charge in [0.25, 0.3) is 0 Å². The highest BCUT2D eigenvalue weighted by atomic mass is 19.4. The van der Waals surface area contributed by atoms with Gasteiger partial charge >= 0.3 is 6.18 Å². The van der Waals surface area contributed by atoms with E-state index in [9.17, 15) is 13.2 Å². The van der Waals surface area contributed by atoms with Gasteiger partial charge in [-0.2, -0.15) is 18.2 Å². The topological polar surface area (TPSA) is 76.8 Å². The number of aromatic amines is 1. The lowest BCUT2D eigenvalue weighted by Crippen LogP contribution is -2.40. The van der Waals surface area contributed by atoms with Crippen LogP contribution in [0.4, 0.5) is 19.1 Å². The number of fused-ring (bicyclic) bond motifs is 1. The third-order valence-electron chi connectivity index (χ3n) is 5.17. The second kappa shape index (κ2) is 7.82. The van der Waals surface area contributed by atoms with Gasteiger partial charge in [-0.25, -0.2) is 4.98 Å². The van der Waals surface area contributed by atoms with Crippen molar-refractivity contribution in [2.24, 2.45) is 11.8 Å². The predicted octanol–water partition coefficient (Wildman–Crippen LogP) is 5.27. The number of nitrogens with zero attached hydrogens (tertiary/aromatic N) is 2. The van der Waals surface area contributed by atoms with Gasteiger partial charge in [0.05, 0.1) is 23.3 Å². The molecule has 0 saturated heterocycles. The average Bonchev–Trinajstić information content (AvgIpc) is 2.99. The van der Waals surface area contributed by atoms with Crippen LogP contribution in [-0.2, 0) is 4.74 Å². The number of H-pyrrole nitrogens is 1. The van der Waals surface area contributed by atoms with E-state index in [1.54, 1.807) is 12.1 Å². The van der Waals surface area contributed by atoms with Crippen molar-refractivity contribution in [3.63, 3.8) is 0 Å². The highest BCUT2D eigenvalue weighted by Crippen LogP contribution is 2.44. The summed E-state index contributed by atoms with van der Waals surface area (Å²) in [5, 5.41) is 0. The summed E-state index contributed by atoms with van der Waals surface area (Å²) in [6.45, 7) is 7.97. The summed E-state index contributed by atoms with van der Waals surface area (Å²) in [5.41, 5.74) is 5.50. The van der Waals surface area contributed by atoms with Gasteiger partial charge < -0.3 is 15.5 Å². The molecule has 0 radical (unpaired) electrons. The molecule has 5 nitrogen and oxygen atoms in total. The number of nitrogens with two attached hydrogens (primary N) is 1. The predicted molar refractivity (Wildman–Crippen MR) is 108 cm³/mol. The van der Waals surface area contributed by atoms with E-state index < -0.39 is 17.4 Å². The molecule has 8 heteroatoms. The second-order valence-corrected chi connectivity index (χ2v) is 8.38. The van der Waals surface area contributed by atoms with Crippen LogP contribution in [0.1, 0.15) is 46.1 Å². The van der Waals surface area contributed by atoms with Crippen molar-refractivity contribution >= 4 is 22.7 Å². The fraction of sp³-hybridized carbons (Fsp3) is 0.524. The third kappa shape index (κ3) is 4.63. The Morgan fingerprint density at radius 1 is 1.31 bits per heavy atom. The van der Waals surface area contributed by atoms with Crippen LogP contribution < -0.4 is 5.73 Å². The van der Waals surface area contributed by atoms with Crippen LogP contribution in [0.5, 0.6) is 0 Å². The number of halogens is 3. The first kappa shape index (κ1) is 21.4. The molecule has 158 valence electrons. The average molecular weight is 408 g/mol. The first-order valence-electron chi connectivity index (χ1n) is 9.73. The molecule has 0 aromatic carbocycles. The minimum Gasteiger partial charge on any atom is -0.370 e. The van der Waals surface area contributed by atoms with E-state index in [-0.39, 0.29) is 24.9 Å². The standard InChI is InChI=1S/C21H27F3N4O/c1-12(2)9-13(3)11-29-20(4)7-5-14(10-16(20)21(22,23)24)15-6-8-26-18-17(15)27-19(25)28-18/h5-6,8,10,12-13H,7,9,11H2,1-4H3,(H3,25,26,27,28)/t13-,20?/m1/s1. The molecule has 2 aromatic heterocycles. The minimum atomic E-state index is -4.51. The van der Waals surface area contributed by atoms with Crippen LogP contribution in [0.15, 0.2) is 30.0 Å². The van der Waals surface area contributed by atoms with Gasteiger partial charge in [-0.05, 0) is 49.3 Å². The van der Waals surface area contributed by atoms with E-state index in [4.69, 9.17) is 10.5 Å². The number of hydrogen-bond acceptors (Lipinski definition) is 4. The lowest BCUT2D eigenvalue weighted by molar-refractivity contribution is -0.132. The van der Waals surface area contributed by atoms with Crippen LogP contribution in [0.25, 0.3) is 16.7 Å². The molecule has 2 heterocycles. The van der Waals surface area contributed by atoms with Gasteiger partial charge in [0.2, 0.25) is 0 Å². The summed E-state index contributed by atoms with van der Waals surface area (Å²) in [7, 11) is 0. The Bertz CT molecular complexity index is 945. The number of imidazole rings is 1. The van der Waals surface area contributed by atoms with E-state index in [1.165, 1.54) is 19.2 Å². The SMILES string of the molecule is CC(C)C[C@@H](C)COC1(C)CC=C(c2ccnc3nc(N)[nH]c23)C=C1C(F)(F)F. The number of anilines is 1. The Morgan fingerprint density at radius 3 is 2.69 bits per heavy atom. The van der Waals surface area contributed by atoms with Crippen LogP contribution in [0.3, 0.4) is 0 Å². The zero-order chi connectivity index (χ0) is 21.4. The molecule has 1 aliphatic rings. The molecule has 29 heavy (non-hydrogen) atoms. The molecule has 3 N–H and O–H groups in total. The number of allylic oxidation sites excluding steroid dienone is 2. The van der Waals surface area contributed by atoms with Crippen LogP contribution in [0.2, 0.25) is 0 Å². The first-order valence-corrected chi connectivity index (χ1v) is 9.73. The quantitative estimate of drug-likeness (QED) is 0.682.